The summed E-state index contributed by atoms with van der Waals surface area (Å²) < 4.78 is 13.2. The highest BCUT2D eigenvalue weighted by atomic mass is 32.2. The molecule has 0 amide bonds. The second kappa shape index (κ2) is 7.29. The maximum atomic E-state index is 12.4. The molecule has 28 heavy (non-hydrogen) atoms. The molecule has 2 aliphatic rings. The number of rotatable bonds is 5. The van der Waals surface area contributed by atoms with Gasteiger partial charge in [-0.25, -0.2) is 4.79 Å². The first-order valence-corrected chi connectivity index (χ1v) is 10.3. The van der Waals surface area contributed by atoms with E-state index in [9.17, 15) is 14.7 Å². The first kappa shape index (κ1) is 19.1. The van der Waals surface area contributed by atoms with Crippen molar-refractivity contribution in [3.05, 3.63) is 45.7 Å². The zero-order valence-corrected chi connectivity index (χ0v) is 16.9. The van der Waals surface area contributed by atoms with Gasteiger partial charge in [0.05, 0.1) is 17.2 Å². The third-order valence-electron chi connectivity index (χ3n) is 5.39. The summed E-state index contributed by atoms with van der Waals surface area (Å²) in [6, 6.07) is 5.70. The van der Waals surface area contributed by atoms with Crippen molar-refractivity contribution in [2.24, 2.45) is 5.92 Å². The fourth-order valence-electron chi connectivity index (χ4n) is 3.91. The Morgan fingerprint density at radius 2 is 2.18 bits per heavy atom. The molecule has 7 heteroatoms. The van der Waals surface area contributed by atoms with Crippen molar-refractivity contribution in [2.45, 2.75) is 43.1 Å². The lowest BCUT2D eigenvalue weighted by atomic mass is 9.87. The summed E-state index contributed by atoms with van der Waals surface area (Å²) in [7, 11) is 1.68. The number of aromatic nitrogens is 1. The number of ether oxygens (including phenoxy) is 2. The highest BCUT2D eigenvalue weighted by Crippen LogP contribution is 2.47. The van der Waals surface area contributed by atoms with Crippen molar-refractivity contribution < 1.29 is 19.4 Å². The quantitative estimate of drug-likeness (QED) is 0.821. The number of hydrogen-bond donors (Lipinski definition) is 1. The third kappa shape index (κ3) is 3.22. The summed E-state index contributed by atoms with van der Waals surface area (Å²) in [4.78, 5) is 24.9. The summed E-state index contributed by atoms with van der Waals surface area (Å²) in [5, 5.41) is 9.37. The average molecular weight is 401 g/mol. The predicted octanol–water partition coefficient (Wildman–Crippen LogP) is 3.81. The largest absolute Gasteiger partial charge is 0.478 e. The molecule has 2 aromatic rings. The van der Waals surface area contributed by atoms with E-state index >= 15 is 0 Å². The lowest BCUT2D eigenvalue weighted by molar-refractivity contribution is 0.0694. The number of carboxylic acids is 1. The predicted molar refractivity (Wildman–Crippen MR) is 107 cm³/mol. The molecule has 6 nitrogen and oxygen atoms in total. The van der Waals surface area contributed by atoms with Gasteiger partial charge in [0.1, 0.15) is 11.3 Å². The number of nitrogens with zero attached hydrogens (tertiary/aromatic N) is 1. The number of aromatic carboxylic acids is 1. The zero-order valence-electron chi connectivity index (χ0n) is 16.1. The monoisotopic (exact) mass is 401 g/mol. The number of thioether (sulfide) groups is 1. The lowest BCUT2D eigenvalue weighted by Crippen LogP contribution is -2.28. The molecule has 0 saturated carbocycles. The third-order valence-corrected chi connectivity index (χ3v) is 6.55. The summed E-state index contributed by atoms with van der Waals surface area (Å²) in [6.45, 7) is 4.86. The smallest absolute Gasteiger partial charge is 0.341 e. The van der Waals surface area contributed by atoms with Crippen molar-refractivity contribution in [2.75, 3.05) is 13.7 Å². The number of benzene rings is 1. The number of methoxy groups -OCH3 is 1. The Hall–Kier alpha value is -2.25. The van der Waals surface area contributed by atoms with Gasteiger partial charge in [-0.2, -0.15) is 0 Å². The Balaban J connectivity index is 1.81. The molecule has 4 rings (SSSR count). The maximum Gasteiger partial charge on any atom is 0.341 e. The normalized spacial score (nSPS) is 19.7. The summed E-state index contributed by atoms with van der Waals surface area (Å²) >= 11 is 1.66. The van der Waals surface area contributed by atoms with Gasteiger partial charge in [-0.15, -0.1) is 0 Å². The minimum atomic E-state index is -1.19. The van der Waals surface area contributed by atoms with Crippen LogP contribution in [0.3, 0.4) is 0 Å². The number of fused-ring (bicyclic) bond motifs is 4. The van der Waals surface area contributed by atoms with Crippen LogP contribution in [0.5, 0.6) is 5.75 Å². The van der Waals surface area contributed by atoms with Crippen molar-refractivity contribution in [1.29, 1.82) is 0 Å². The Bertz CT molecular complexity index is 997. The van der Waals surface area contributed by atoms with Crippen LogP contribution in [0.15, 0.2) is 34.1 Å². The highest BCUT2D eigenvalue weighted by Gasteiger charge is 2.31. The molecule has 0 saturated heterocycles. The molecular weight excluding hydrogens is 378 g/mol. The molecule has 148 valence electrons. The van der Waals surface area contributed by atoms with Crippen LogP contribution in [0.2, 0.25) is 0 Å². The summed E-state index contributed by atoms with van der Waals surface area (Å²) in [6.07, 6.45) is 3.07. The Kier molecular flexibility index (Phi) is 4.97. The van der Waals surface area contributed by atoms with Crippen LogP contribution in [0, 0.1) is 5.92 Å². The highest BCUT2D eigenvalue weighted by molar-refractivity contribution is 8.00. The van der Waals surface area contributed by atoms with Crippen LogP contribution in [0.1, 0.15) is 42.2 Å². The van der Waals surface area contributed by atoms with Gasteiger partial charge in [-0.3, -0.25) is 4.79 Å². The number of pyridine rings is 1. The van der Waals surface area contributed by atoms with Gasteiger partial charge in [0, 0.05) is 37.4 Å². The standard InChI is InChI=1S/C21H23NO5S/c1-11(2)15-6-12-7-18-19(28-20(27-18)4-5-26-3)8-13(12)16-9-17(23)14(21(24)25)10-22(15)16/h7-11,15,20H,4-6H2,1-3H3,(H,24,25)/t15-,20?/m0/s1. The molecule has 0 aliphatic carbocycles. The minimum absolute atomic E-state index is 0.0243. The number of carbonyl (C=O) groups is 1. The van der Waals surface area contributed by atoms with Gasteiger partial charge in [-0.05, 0) is 30.0 Å². The van der Waals surface area contributed by atoms with E-state index in [4.69, 9.17) is 9.47 Å². The summed E-state index contributed by atoms with van der Waals surface area (Å²) in [5.74, 6) is -0.0214. The summed E-state index contributed by atoms with van der Waals surface area (Å²) in [5.41, 5.74) is 2.27. The molecule has 2 atom stereocenters. The fraction of sp³-hybridized carbons (Fsp3) is 0.429. The zero-order chi connectivity index (χ0) is 20.0. The molecule has 1 aromatic heterocycles. The van der Waals surface area contributed by atoms with E-state index in [1.165, 1.54) is 12.3 Å². The van der Waals surface area contributed by atoms with Crippen LogP contribution in [0.25, 0.3) is 11.3 Å². The SMILES string of the molecule is COCCC1Oc2cc3c(cc2S1)-c1cc(=O)c(C(=O)O)cn1[C@H](C(C)C)C3. The van der Waals surface area contributed by atoms with E-state index in [1.807, 2.05) is 4.57 Å². The van der Waals surface area contributed by atoms with Crippen LogP contribution in [0.4, 0.5) is 0 Å². The van der Waals surface area contributed by atoms with E-state index in [1.54, 1.807) is 18.9 Å². The van der Waals surface area contributed by atoms with Crippen molar-refractivity contribution in [3.63, 3.8) is 0 Å². The lowest BCUT2D eigenvalue weighted by Gasteiger charge is -2.33. The second-order valence-corrected chi connectivity index (χ2v) is 8.77. The van der Waals surface area contributed by atoms with E-state index < -0.39 is 11.4 Å². The molecule has 0 bridgehead atoms. The number of carboxylic acid groups (broad SMARTS) is 1. The minimum Gasteiger partial charge on any atom is -0.478 e. The fourth-order valence-corrected chi connectivity index (χ4v) is 4.97. The number of hydrogen-bond acceptors (Lipinski definition) is 5. The molecule has 1 N–H and O–H groups in total. The van der Waals surface area contributed by atoms with Gasteiger partial charge >= 0.3 is 5.97 Å². The van der Waals surface area contributed by atoms with E-state index in [0.717, 1.165) is 40.3 Å². The van der Waals surface area contributed by atoms with Crippen LogP contribution >= 0.6 is 11.8 Å². The molecule has 0 radical (unpaired) electrons. The average Bonchev–Trinajstić information content (AvgIpc) is 3.04. The van der Waals surface area contributed by atoms with E-state index in [-0.39, 0.29) is 23.0 Å². The first-order chi connectivity index (χ1) is 13.4. The Morgan fingerprint density at radius 3 is 2.86 bits per heavy atom. The van der Waals surface area contributed by atoms with Crippen LogP contribution < -0.4 is 10.2 Å². The van der Waals surface area contributed by atoms with Crippen molar-refractivity contribution in [3.8, 4) is 17.0 Å². The van der Waals surface area contributed by atoms with Gasteiger partial charge < -0.3 is 19.1 Å². The van der Waals surface area contributed by atoms with E-state index in [2.05, 4.69) is 26.0 Å². The van der Waals surface area contributed by atoms with Crippen LogP contribution in [-0.2, 0) is 11.2 Å². The van der Waals surface area contributed by atoms with Crippen LogP contribution in [-0.4, -0.2) is 34.8 Å². The van der Waals surface area contributed by atoms with Gasteiger partial charge in [-0.1, -0.05) is 25.6 Å². The van der Waals surface area contributed by atoms with Crippen molar-refractivity contribution in [1.82, 2.24) is 4.57 Å². The first-order valence-electron chi connectivity index (χ1n) is 9.38. The van der Waals surface area contributed by atoms with E-state index in [0.29, 0.717) is 6.61 Å². The molecule has 0 fully saturated rings. The van der Waals surface area contributed by atoms with Gasteiger partial charge in [0.2, 0.25) is 0 Å². The topological polar surface area (TPSA) is 77.8 Å². The Labute approximate surface area is 167 Å². The molecule has 0 spiro atoms. The van der Waals surface area contributed by atoms with Gasteiger partial charge in [0.25, 0.3) is 0 Å². The van der Waals surface area contributed by atoms with Gasteiger partial charge in [0.15, 0.2) is 10.9 Å². The molecule has 1 aromatic carbocycles. The molecular formula is C21H23NO5S. The molecule has 3 heterocycles. The second-order valence-electron chi connectivity index (χ2n) is 7.57. The maximum absolute atomic E-state index is 12.4. The molecule has 1 unspecified atom stereocenters. The molecule has 2 aliphatic heterocycles. The van der Waals surface area contributed by atoms with Crippen molar-refractivity contribution >= 4 is 17.7 Å². The Morgan fingerprint density at radius 1 is 1.39 bits per heavy atom.